The zero-order chi connectivity index (χ0) is 18.8. The van der Waals surface area contributed by atoms with Crippen molar-refractivity contribution in [2.45, 2.75) is 38.9 Å². The van der Waals surface area contributed by atoms with Crippen LogP contribution in [-0.2, 0) is 14.1 Å². The van der Waals surface area contributed by atoms with Gasteiger partial charge in [-0.1, -0.05) is 17.7 Å². The van der Waals surface area contributed by atoms with Crippen molar-refractivity contribution >= 4 is 30.8 Å². The van der Waals surface area contributed by atoms with E-state index in [1.165, 1.54) is 0 Å². The third kappa shape index (κ3) is 4.55. The second-order valence-electron chi connectivity index (χ2n) is 6.88. The molecule has 0 amide bonds. The number of benzene rings is 1. The Hall–Kier alpha value is -1.54. The van der Waals surface area contributed by atoms with Crippen molar-refractivity contribution in [1.29, 1.82) is 0 Å². The Morgan fingerprint density at radius 1 is 1.32 bits per heavy atom. The van der Waals surface area contributed by atoms with Gasteiger partial charge in [-0.2, -0.15) is 0 Å². The molecule has 1 aromatic carbocycles. The predicted molar refractivity (Wildman–Crippen MR) is 97.7 cm³/mol. The van der Waals surface area contributed by atoms with Crippen LogP contribution in [0, 0.1) is 0 Å². The van der Waals surface area contributed by atoms with Crippen LogP contribution < -0.4 is 10.5 Å². The summed E-state index contributed by atoms with van der Waals surface area (Å²) >= 11 is 5.98. The molecule has 0 aromatic heterocycles. The lowest BCUT2D eigenvalue weighted by molar-refractivity contribution is -0.139. The molecule has 0 radical (unpaired) electrons. The largest absolute Gasteiger partial charge is 0.491 e. The van der Waals surface area contributed by atoms with Crippen LogP contribution >= 0.6 is 11.6 Å². The summed E-state index contributed by atoms with van der Waals surface area (Å²) < 4.78 is 17.4. The van der Waals surface area contributed by atoms with E-state index in [0.717, 1.165) is 5.47 Å². The average molecular weight is 368 g/mol. The molecule has 25 heavy (non-hydrogen) atoms. The number of halogens is 1. The lowest BCUT2D eigenvalue weighted by Crippen LogP contribution is -2.41. The number of hydrogen-bond donors (Lipinski definition) is 2. The molecule has 1 aromatic rings. The molecule has 1 heterocycles. The molecule has 0 aliphatic carbocycles. The molecule has 0 atom stereocenters. The van der Waals surface area contributed by atoms with E-state index in [0.29, 0.717) is 16.3 Å². The minimum atomic E-state index is -1.07. The van der Waals surface area contributed by atoms with E-state index in [4.69, 9.17) is 36.5 Å². The maximum Gasteiger partial charge on any atom is 0.491 e. The van der Waals surface area contributed by atoms with E-state index in [9.17, 15) is 4.79 Å². The summed E-state index contributed by atoms with van der Waals surface area (Å²) in [4.78, 5) is 10.8. The highest BCUT2D eigenvalue weighted by Crippen LogP contribution is 2.39. The van der Waals surface area contributed by atoms with Gasteiger partial charge >= 0.3 is 13.1 Å². The minimum Gasteiger partial charge on any atom is -0.481 e. The molecule has 2 rings (SSSR count). The number of carboxylic acids is 1. The molecule has 8 heteroatoms. The molecular formula is C17H23BClNO5. The summed E-state index contributed by atoms with van der Waals surface area (Å²) in [7, 11) is -0.585. The van der Waals surface area contributed by atoms with Crippen molar-refractivity contribution in [3.05, 3.63) is 34.3 Å². The predicted octanol–water partition coefficient (Wildman–Crippen LogP) is 2.78. The van der Waals surface area contributed by atoms with Gasteiger partial charge in [0.15, 0.2) is 6.61 Å². The number of nitrogens with two attached hydrogens (primary N) is 1. The highest BCUT2D eigenvalue weighted by Gasteiger charge is 2.52. The minimum absolute atomic E-state index is 0.220. The van der Waals surface area contributed by atoms with E-state index < -0.39 is 30.9 Å². The smallest absolute Gasteiger partial charge is 0.481 e. The van der Waals surface area contributed by atoms with Crippen LogP contribution in [-0.4, -0.2) is 42.5 Å². The molecular weight excluding hydrogens is 344 g/mol. The fraction of sp³-hybridized carbons (Fsp3) is 0.471. The standard InChI is InChI=1S/C17H23BClNO5/c1-16(2)17(3,4)25-18(24-16)12(9-20)7-11-5-6-13(19)8-14(11)23-10-15(21)22/h5-8H,9-10,20H2,1-4H3,(H,21,22). The van der Waals surface area contributed by atoms with Gasteiger partial charge in [-0.15, -0.1) is 0 Å². The zero-order valence-electron chi connectivity index (χ0n) is 14.8. The van der Waals surface area contributed by atoms with Gasteiger partial charge in [0.1, 0.15) is 5.75 Å². The maximum absolute atomic E-state index is 10.8. The lowest BCUT2D eigenvalue weighted by Gasteiger charge is -2.32. The van der Waals surface area contributed by atoms with Gasteiger partial charge in [0.2, 0.25) is 0 Å². The molecule has 3 N–H and O–H groups in total. The van der Waals surface area contributed by atoms with Crippen molar-refractivity contribution in [3.63, 3.8) is 0 Å². The lowest BCUT2D eigenvalue weighted by atomic mass is 9.77. The Morgan fingerprint density at radius 2 is 1.92 bits per heavy atom. The van der Waals surface area contributed by atoms with Gasteiger partial charge in [-0.25, -0.2) is 4.79 Å². The Morgan fingerprint density at radius 3 is 2.44 bits per heavy atom. The van der Waals surface area contributed by atoms with E-state index in [-0.39, 0.29) is 6.54 Å². The molecule has 6 nitrogen and oxygen atoms in total. The summed E-state index contributed by atoms with van der Waals surface area (Å²) in [6.07, 6.45) is 1.79. The maximum atomic E-state index is 10.8. The fourth-order valence-electron chi connectivity index (χ4n) is 2.31. The van der Waals surface area contributed by atoms with Crippen LogP contribution in [0.3, 0.4) is 0 Å². The Kier molecular flexibility index (Phi) is 5.84. The number of rotatable bonds is 6. The third-order valence-corrected chi connectivity index (χ3v) is 4.69. The number of aliphatic carboxylic acids is 1. The fourth-order valence-corrected chi connectivity index (χ4v) is 2.47. The van der Waals surface area contributed by atoms with Gasteiger partial charge in [-0.3, -0.25) is 0 Å². The SMILES string of the molecule is CC1(C)OB(C(=Cc2ccc(Cl)cc2OCC(=O)O)CN)OC1(C)C. The molecule has 1 fully saturated rings. The second kappa shape index (κ2) is 7.37. The number of carboxylic acid groups (broad SMARTS) is 1. The molecule has 0 bridgehead atoms. The van der Waals surface area contributed by atoms with Crippen molar-refractivity contribution in [3.8, 4) is 5.75 Å². The van der Waals surface area contributed by atoms with E-state index in [1.54, 1.807) is 24.3 Å². The third-order valence-electron chi connectivity index (χ3n) is 4.46. The van der Waals surface area contributed by atoms with Crippen LogP contribution in [0.15, 0.2) is 23.7 Å². The number of hydrogen-bond acceptors (Lipinski definition) is 5. The Labute approximate surface area is 153 Å². The van der Waals surface area contributed by atoms with Gasteiger partial charge in [0.25, 0.3) is 0 Å². The van der Waals surface area contributed by atoms with Crippen LogP contribution in [0.5, 0.6) is 5.75 Å². The van der Waals surface area contributed by atoms with Crippen molar-refractivity contribution in [2.75, 3.05) is 13.2 Å². The summed E-state index contributed by atoms with van der Waals surface area (Å²) in [6.45, 7) is 7.61. The molecule has 1 aliphatic heterocycles. The van der Waals surface area contributed by atoms with Crippen LogP contribution in [0.25, 0.3) is 6.08 Å². The summed E-state index contributed by atoms with van der Waals surface area (Å²) in [5.41, 5.74) is 6.31. The quantitative estimate of drug-likeness (QED) is 0.751. The van der Waals surface area contributed by atoms with Crippen LogP contribution in [0.4, 0.5) is 0 Å². The number of carbonyl (C=O) groups is 1. The summed E-state index contributed by atoms with van der Waals surface area (Å²) in [6, 6.07) is 4.99. The normalized spacial score (nSPS) is 19.1. The second-order valence-corrected chi connectivity index (χ2v) is 7.31. The highest BCUT2D eigenvalue weighted by atomic mass is 35.5. The van der Waals surface area contributed by atoms with E-state index in [1.807, 2.05) is 27.7 Å². The topological polar surface area (TPSA) is 91.0 Å². The van der Waals surface area contributed by atoms with Crippen molar-refractivity contribution in [2.24, 2.45) is 5.73 Å². The van der Waals surface area contributed by atoms with Crippen LogP contribution in [0.2, 0.25) is 5.02 Å². The van der Waals surface area contributed by atoms with Crippen molar-refractivity contribution < 1.29 is 23.9 Å². The Balaban J connectivity index is 2.32. The highest BCUT2D eigenvalue weighted by molar-refractivity contribution is 6.56. The molecule has 136 valence electrons. The first kappa shape index (κ1) is 19.8. The van der Waals surface area contributed by atoms with Gasteiger partial charge in [-0.05, 0) is 51.4 Å². The van der Waals surface area contributed by atoms with E-state index >= 15 is 0 Å². The molecule has 0 spiro atoms. The zero-order valence-corrected chi connectivity index (χ0v) is 15.6. The monoisotopic (exact) mass is 367 g/mol. The van der Waals surface area contributed by atoms with Crippen LogP contribution in [0.1, 0.15) is 33.3 Å². The Bertz CT molecular complexity index is 674. The first-order valence-corrected chi connectivity index (χ1v) is 8.34. The van der Waals surface area contributed by atoms with Gasteiger partial charge in [0, 0.05) is 17.1 Å². The van der Waals surface area contributed by atoms with E-state index in [2.05, 4.69) is 0 Å². The molecule has 0 unspecified atom stereocenters. The molecule has 0 saturated carbocycles. The van der Waals surface area contributed by atoms with Gasteiger partial charge < -0.3 is 24.9 Å². The molecule has 1 aliphatic rings. The first-order chi connectivity index (χ1) is 11.6. The van der Waals surface area contributed by atoms with Gasteiger partial charge in [0.05, 0.1) is 11.2 Å². The summed E-state index contributed by atoms with van der Waals surface area (Å²) in [5.74, 6) is -0.711. The van der Waals surface area contributed by atoms with Crippen molar-refractivity contribution in [1.82, 2.24) is 0 Å². The average Bonchev–Trinajstić information content (AvgIpc) is 2.72. The molecule has 1 saturated heterocycles. The summed E-state index contributed by atoms with van der Waals surface area (Å²) in [5, 5.41) is 9.26. The number of ether oxygens (including phenoxy) is 1. The first-order valence-electron chi connectivity index (χ1n) is 7.96.